The highest BCUT2D eigenvalue weighted by Gasteiger charge is 2.60. The van der Waals surface area contributed by atoms with Crippen LogP contribution in [-0.4, -0.2) is 122 Å². The normalized spacial score (nSPS) is 21.0. The van der Waals surface area contributed by atoms with Gasteiger partial charge in [0.15, 0.2) is 0 Å². The quantitative estimate of drug-likeness (QED) is 0.123. The van der Waals surface area contributed by atoms with Gasteiger partial charge in [0.25, 0.3) is 5.91 Å². The lowest BCUT2D eigenvalue weighted by Gasteiger charge is -2.42. The van der Waals surface area contributed by atoms with Crippen molar-refractivity contribution >= 4 is 45.7 Å². The molecule has 0 aromatic heterocycles. The van der Waals surface area contributed by atoms with E-state index in [1.807, 2.05) is 0 Å². The Balaban J connectivity index is 1.11. The minimum absolute atomic E-state index is 0.156. The number of rotatable bonds is 9. The second-order valence-corrected chi connectivity index (χ2v) is 10.4. The van der Waals surface area contributed by atoms with Crippen LogP contribution in [0.15, 0.2) is 24.3 Å². The van der Waals surface area contributed by atoms with E-state index in [1.54, 1.807) is 24.3 Å². The van der Waals surface area contributed by atoms with Gasteiger partial charge in [0.05, 0.1) is 19.3 Å². The predicted molar refractivity (Wildman–Crippen MR) is 138 cm³/mol. The van der Waals surface area contributed by atoms with Crippen molar-refractivity contribution < 1.29 is 36.9 Å². The number of nitrogens with zero attached hydrogens (tertiary/aromatic N) is 3. The highest BCUT2D eigenvalue weighted by molar-refractivity contribution is 7.84. The molecule has 3 saturated heterocycles. The van der Waals surface area contributed by atoms with Crippen molar-refractivity contribution in [2.45, 2.75) is 18.5 Å². The van der Waals surface area contributed by atoms with E-state index in [2.05, 4.69) is 31.5 Å². The minimum Gasteiger partial charge on any atom is -0.379 e. The summed E-state index contributed by atoms with van der Waals surface area (Å²) >= 11 is 0. The van der Waals surface area contributed by atoms with Crippen LogP contribution < -0.4 is 26.6 Å². The van der Waals surface area contributed by atoms with Crippen molar-refractivity contribution in [1.29, 1.82) is 0 Å². The van der Waals surface area contributed by atoms with E-state index in [9.17, 15) is 27.6 Å². The van der Waals surface area contributed by atoms with Crippen molar-refractivity contribution in [2.75, 3.05) is 69.7 Å². The fourth-order valence-electron chi connectivity index (χ4n) is 4.62. The van der Waals surface area contributed by atoms with Crippen LogP contribution >= 0.6 is 0 Å². The Morgan fingerprint density at radius 3 is 2.13 bits per heavy atom. The number of ether oxygens (including phenoxy) is 1. The highest BCUT2D eigenvalue weighted by Crippen LogP contribution is 2.35. The van der Waals surface area contributed by atoms with Crippen molar-refractivity contribution in [2.24, 2.45) is 0 Å². The summed E-state index contributed by atoms with van der Waals surface area (Å²) in [5, 5.41) is 13.3. The van der Waals surface area contributed by atoms with Crippen molar-refractivity contribution in [3.05, 3.63) is 24.3 Å². The average Bonchev–Trinajstić information content (AvgIpc) is 3.26. The van der Waals surface area contributed by atoms with Crippen molar-refractivity contribution in [3.8, 4) is 0 Å². The molecule has 0 bridgehead atoms. The zero-order valence-electron chi connectivity index (χ0n) is 21.1. The number of benzene rings is 1. The molecule has 3 fully saturated rings. The number of carbonyl (C=O) groups excluding carboxylic acids is 4. The predicted octanol–water partition coefficient (Wildman–Crippen LogP) is -0.941. The third-order valence-electron chi connectivity index (χ3n) is 6.55. The lowest BCUT2D eigenvalue weighted by Crippen LogP contribution is -2.68. The monoisotopic (exact) mass is 568 g/mol. The number of likely N-dealkylation sites (tertiary alicyclic amines) is 1. The van der Waals surface area contributed by atoms with Crippen LogP contribution in [0.2, 0.25) is 0 Å². The summed E-state index contributed by atoms with van der Waals surface area (Å²) in [6, 6.07) is 3.16. The lowest BCUT2D eigenvalue weighted by molar-refractivity contribution is -0.143. The third kappa shape index (κ3) is 7.25. The highest BCUT2D eigenvalue weighted by atomic mass is 32.2. The fourth-order valence-corrected chi connectivity index (χ4v) is 5.52. The number of fused-ring (bicyclic) bond motifs is 1. The van der Waals surface area contributed by atoms with Gasteiger partial charge in [-0.3, -0.25) is 14.2 Å². The number of hydrogen-bond acceptors (Lipinski definition) is 8. The van der Waals surface area contributed by atoms with E-state index in [4.69, 9.17) is 9.29 Å². The number of hydrogen-bond donors (Lipinski definition) is 6. The van der Waals surface area contributed by atoms with Gasteiger partial charge < -0.3 is 36.2 Å². The van der Waals surface area contributed by atoms with Gasteiger partial charge in [0.1, 0.15) is 6.04 Å². The molecule has 6 N–H and O–H groups in total. The Hall–Kier alpha value is -3.67. The van der Waals surface area contributed by atoms with E-state index in [1.165, 1.54) is 4.90 Å². The first kappa shape index (κ1) is 28.3. The van der Waals surface area contributed by atoms with E-state index in [-0.39, 0.29) is 32.1 Å². The first-order valence-electron chi connectivity index (χ1n) is 12.5. The summed E-state index contributed by atoms with van der Waals surface area (Å²) in [5.74, 6) is -0.847. The van der Waals surface area contributed by atoms with Crippen molar-refractivity contribution in [1.82, 2.24) is 30.1 Å². The summed E-state index contributed by atoms with van der Waals surface area (Å²) < 4.78 is 37.4. The molecule has 7 amide bonds. The topological polar surface area (TPSA) is 202 Å². The lowest BCUT2D eigenvalue weighted by atomic mass is 10.0. The zero-order chi connectivity index (χ0) is 28.0. The Kier molecular flexibility index (Phi) is 9.05. The summed E-state index contributed by atoms with van der Waals surface area (Å²) in [6.07, 6.45) is 0.233. The summed E-state index contributed by atoms with van der Waals surface area (Å²) in [5.41, 5.74) is 0.857. The molecule has 0 aliphatic carbocycles. The fraction of sp³-hybridized carbons (Fsp3) is 0.545. The van der Waals surface area contributed by atoms with Crippen LogP contribution in [0.25, 0.3) is 0 Å². The number of nitrogens with one attached hydrogen (secondary N) is 5. The molecular weight excluding hydrogens is 536 g/mol. The van der Waals surface area contributed by atoms with Crippen LogP contribution in [0, 0.1) is 0 Å². The summed E-state index contributed by atoms with van der Waals surface area (Å²) in [6.45, 7) is 4.97. The molecule has 3 heterocycles. The molecule has 214 valence electrons. The number of urea groups is 3. The molecule has 1 aromatic rings. The van der Waals surface area contributed by atoms with Crippen LogP contribution in [0.1, 0.15) is 6.42 Å². The van der Waals surface area contributed by atoms with Gasteiger partial charge in [0, 0.05) is 57.2 Å². The number of anilines is 2. The molecule has 3 aliphatic rings. The number of β-lactam (4-membered cyclic amide) rings is 1. The number of morpholine rings is 1. The van der Waals surface area contributed by atoms with E-state index >= 15 is 0 Å². The molecular formula is C22H32N8O8S. The van der Waals surface area contributed by atoms with Crippen LogP contribution in [0.3, 0.4) is 0 Å². The Morgan fingerprint density at radius 1 is 0.897 bits per heavy atom. The maximum atomic E-state index is 12.6. The SMILES string of the molecule is O=C(NCCNC(=O)Nc1ccc(NC(=O)N2CC[C@@H]3[C@H]2C(=O)N3S(=O)(=O)O)cc1)NCCN1CCOCC1. The second-order valence-electron chi connectivity index (χ2n) is 9.13. The van der Waals surface area contributed by atoms with Gasteiger partial charge in [-0.2, -0.15) is 8.42 Å². The number of amides is 7. The first-order chi connectivity index (χ1) is 18.6. The molecule has 0 spiro atoms. The first-order valence-corrected chi connectivity index (χ1v) is 13.9. The van der Waals surface area contributed by atoms with E-state index in [0.717, 1.165) is 19.6 Å². The molecule has 39 heavy (non-hydrogen) atoms. The minimum atomic E-state index is -4.65. The van der Waals surface area contributed by atoms with Gasteiger partial charge >= 0.3 is 28.4 Å². The second kappa shape index (κ2) is 12.5. The van der Waals surface area contributed by atoms with Gasteiger partial charge in [-0.1, -0.05) is 0 Å². The van der Waals surface area contributed by atoms with Crippen molar-refractivity contribution in [3.63, 3.8) is 0 Å². The van der Waals surface area contributed by atoms with Crippen LogP contribution in [0.4, 0.5) is 25.8 Å². The molecule has 2 atom stereocenters. The zero-order valence-corrected chi connectivity index (χ0v) is 21.9. The maximum Gasteiger partial charge on any atom is 0.362 e. The van der Waals surface area contributed by atoms with Gasteiger partial charge in [0.2, 0.25) is 0 Å². The summed E-state index contributed by atoms with van der Waals surface area (Å²) in [4.78, 5) is 52.1. The molecule has 0 unspecified atom stereocenters. The Bertz CT molecular complexity index is 1180. The Labute approximate surface area is 225 Å². The molecule has 1 aromatic carbocycles. The van der Waals surface area contributed by atoms with E-state index < -0.39 is 40.4 Å². The van der Waals surface area contributed by atoms with Gasteiger partial charge in [-0.25, -0.2) is 18.7 Å². The standard InChI is InChI=1S/C22H32N8O8S/c31-19-18-17(30(19)39(35,36)37)5-9-29(18)22(34)27-16-3-1-15(2-4-16)26-21(33)24-7-6-23-20(32)25-8-10-28-11-13-38-14-12-28/h1-4,17-18H,5-14H2,(H,27,34)(H2,23,25,32)(H2,24,26,33)(H,35,36,37)/t17-,18+/m1/s1. The largest absolute Gasteiger partial charge is 0.379 e. The Morgan fingerprint density at radius 2 is 1.49 bits per heavy atom. The third-order valence-corrected chi connectivity index (χ3v) is 7.50. The molecule has 0 saturated carbocycles. The summed E-state index contributed by atoms with van der Waals surface area (Å²) in [7, 11) is -4.65. The van der Waals surface area contributed by atoms with Gasteiger partial charge in [-0.15, -0.1) is 0 Å². The van der Waals surface area contributed by atoms with Gasteiger partial charge in [-0.05, 0) is 30.7 Å². The smallest absolute Gasteiger partial charge is 0.362 e. The van der Waals surface area contributed by atoms with E-state index in [0.29, 0.717) is 35.4 Å². The average molecular weight is 569 g/mol. The van der Waals surface area contributed by atoms with Crippen LogP contribution in [-0.2, 0) is 19.8 Å². The number of carbonyl (C=O) groups is 4. The molecule has 3 aliphatic heterocycles. The molecule has 17 heteroatoms. The molecule has 4 rings (SSSR count). The molecule has 0 radical (unpaired) electrons. The van der Waals surface area contributed by atoms with Crippen LogP contribution in [0.5, 0.6) is 0 Å². The molecule has 16 nitrogen and oxygen atoms in total. The maximum absolute atomic E-state index is 12.6.